The molecule has 80 valence electrons. The SMILES string of the molecule is CCCCCc1cc(-c2ccc[nH]2)cs1. The summed E-state index contributed by atoms with van der Waals surface area (Å²) in [6.07, 6.45) is 7.18. The van der Waals surface area contributed by atoms with Crippen LogP contribution in [0.2, 0.25) is 0 Å². The Bertz CT molecular complexity index is 386. The summed E-state index contributed by atoms with van der Waals surface area (Å²) in [6.45, 7) is 2.25. The minimum atomic E-state index is 1.23. The van der Waals surface area contributed by atoms with Gasteiger partial charge in [-0.2, -0.15) is 0 Å². The Morgan fingerprint density at radius 3 is 3.00 bits per heavy atom. The number of aryl methyl sites for hydroxylation is 1. The molecule has 0 aromatic carbocycles. The molecule has 1 N–H and O–H groups in total. The lowest BCUT2D eigenvalue weighted by Gasteiger charge is -1.94. The summed E-state index contributed by atoms with van der Waals surface area (Å²) in [4.78, 5) is 4.75. The van der Waals surface area contributed by atoms with Crippen LogP contribution in [0.1, 0.15) is 31.1 Å². The van der Waals surface area contributed by atoms with Gasteiger partial charge in [-0.1, -0.05) is 19.8 Å². The fraction of sp³-hybridized carbons (Fsp3) is 0.385. The number of thiophene rings is 1. The summed E-state index contributed by atoms with van der Waals surface area (Å²) in [5.74, 6) is 0. The number of unbranched alkanes of at least 4 members (excludes halogenated alkanes) is 2. The molecular formula is C13H17NS. The van der Waals surface area contributed by atoms with Crippen molar-refractivity contribution in [3.63, 3.8) is 0 Å². The van der Waals surface area contributed by atoms with Crippen molar-refractivity contribution in [1.29, 1.82) is 0 Å². The van der Waals surface area contributed by atoms with Crippen molar-refractivity contribution < 1.29 is 0 Å². The minimum absolute atomic E-state index is 1.23. The molecule has 0 bridgehead atoms. The molecule has 0 saturated carbocycles. The Balaban J connectivity index is 1.98. The van der Waals surface area contributed by atoms with Gasteiger partial charge >= 0.3 is 0 Å². The summed E-state index contributed by atoms with van der Waals surface area (Å²) in [7, 11) is 0. The molecule has 2 aromatic heterocycles. The first kappa shape index (κ1) is 10.5. The molecule has 0 amide bonds. The van der Waals surface area contributed by atoms with E-state index in [1.807, 2.05) is 23.6 Å². The molecule has 0 saturated heterocycles. The van der Waals surface area contributed by atoms with E-state index in [2.05, 4.69) is 29.4 Å². The van der Waals surface area contributed by atoms with Crippen LogP contribution in [0.3, 0.4) is 0 Å². The highest BCUT2D eigenvalue weighted by Gasteiger charge is 2.02. The molecule has 2 heteroatoms. The van der Waals surface area contributed by atoms with E-state index in [-0.39, 0.29) is 0 Å². The number of aromatic nitrogens is 1. The van der Waals surface area contributed by atoms with E-state index in [1.54, 1.807) is 0 Å². The first-order chi connectivity index (χ1) is 7.40. The smallest absolute Gasteiger partial charge is 0.0462 e. The maximum Gasteiger partial charge on any atom is 0.0462 e. The van der Waals surface area contributed by atoms with Gasteiger partial charge in [0.25, 0.3) is 0 Å². The zero-order valence-electron chi connectivity index (χ0n) is 9.12. The number of aromatic amines is 1. The number of H-pyrrole nitrogens is 1. The lowest BCUT2D eigenvalue weighted by Crippen LogP contribution is -1.79. The molecule has 15 heavy (non-hydrogen) atoms. The molecule has 0 spiro atoms. The zero-order chi connectivity index (χ0) is 10.5. The van der Waals surface area contributed by atoms with Crippen molar-refractivity contribution in [2.75, 3.05) is 0 Å². The van der Waals surface area contributed by atoms with Crippen LogP contribution < -0.4 is 0 Å². The van der Waals surface area contributed by atoms with E-state index in [9.17, 15) is 0 Å². The second kappa shape index (κ2) is 5.17. The largest absolute Gasteiger partial charge is 0.361 e. The molecule has 0 aliphatic carbocycles. The van der Waals surface area contributed by atoms with Crippen LogP contribution in [0.15, 0.2) is 29.8 Å². The highest BCUT2D eigenvalue weighted by molar-refractivity contribution is 7.10. The molecule has 2 heterocycles. The predicted molar refractivity (Wildman–Crippen MR) is 67.3 cm³/mol. The van der Waals surface area contributed by atoms with Crippen molar-refractivity contribution in [3.8, 4) is 11.3 Å². The molecule has 0 fully saturated rings. The van der Waals surface area contributed by atoms with Crippen molar-refractivity contribution in [1.82, 2.24) is 4.98 Å². The molecule has 2 rings (SSSR count). The molecule has 0 radical (unpaired) electrons. The van der Waals surface area contributed by atoms with Gasteiger partial charge < -0.3 is 4.98 Å². The Morgan fingerprint density at radius 2 is 2.27 bits per heavy atom. The van der Waals surface area contributed by atoms with Gasteiger partial charge in [0.05, 0.1) is 0 Å². The number of rotatable bonds is 5. The van der Waals surface area contributed by atoms with Crippen LogP contribution >= 0.6 is 11.3 Å². The average Bonchev–Trinajstić information content (AvgIpc) is 2.87. The second-order valence-corrected chi connectivity index (χ2v) is 4.84. The highest BCUT2D eigenvalue weighted by Crippen LogP contribution is 2.25. The van der Waals surface area contributed by atoms with Crippen molar-refractivity contribution in [3.05, 3.63) is 34.7 Å². The number of hydrogen-bond acceptors (Lipinski definition) is 1. The van der Waals surface area contributed by atoms with E-state index >= 15 is 0 Å². The molecule has 0 atom stereocenters. The van der Waals surface area contributed by atoms with Crippen LogP contribution in [0.4, 0.5) is 0 Å². The average molecular weight is 219 g/mol. The number of nitrogens with one attached hydrogen (secondary N) is 1. The molecular weight excluding hydrogens is 202 g/mol. The third-order valence-corrected chi connectivity index (χ3v) is 3.59. The monoisotopic (exact) mass is 219 g/mol. The number of hydrogen-bond donors (Lipinski definition) is 1. The van der Waals surface area contributed by atoms with Gasteiger partial charge in [-0.15, -0.1) is 11.3 Å². The molecule has 0 unspecified atom stereocenters. The third-order valence-electron chi connectivity index (χ3n) is 2.59. The van der Waals surface area contributed by atoms with E-state index < -0.39 is 0 Å². The first-order valence-corrected chi connectivity index (χ1v) is 6.49. The fourth-order valence-electron chi connectivity index (χ4n) is 1.71. The van der Waals surface area contributed by atoms with E-state index in [0.717, 1.165) is 0 Å². The maximum atomic E-state index is 3.24. The third kappa shape index (κ3) is 2.72. The van der Waals surface area contributed by atoms with Crippen molar-refractivity contribution in [2.24, 2.45) is 0 Å². The lowest BCUT2D eigenvalue weighted by atomic mass is 10.1. The Morgan fingerprint density at radius 1 is 1.33 bits per heavy atom. The van der Waals surface area contributed by atoms with E-state index in [0.29, 0.717) is 0 Å². The van der Waals surface area contributed by atoms with Crippen molar-refractivity contribution >= 4 is 11.3 Å². The summed E-state index contributed by atoms with van der Waals surface area (Å²) in [5.41, 5.74) is 2.56. The topological polar surface area (TPSA) is 15.8 Å². The lowest BCUT2D eigenvalue weighted by molar-refractivity contribution is 0.723. The van der Waals surface area contributed by atoms with Gasteiger partial charge in [-0.25, -0.2) is 0 Å². The Hall–Kier alpha value is -1.02. The standard InChI is InChI=1S/C13H17NS/c1-2-3-4-6-12-9-11(10-15-12)13-7-5-8-14-13/h5,7-10,14H,2-4,6H2,1H3. The van der Waals surface area contributed by atoms with Gasteiger partial charge in [-0.05, 0) is 31.0 Å². The summed E-state index contributed by atoms with van der Waals surface area (Å²) in [6, 6.07) is 6.48. The molecule has 1 nitrogen and oxygen atoms in total. The molecule has 0 aliphatic rings. The summed E-state index contributed by atoms with van der Waals surface area (Å²) in [5, 5.41) is 2.24. The molecule has 2 aromatic rings. The van der Waals surface area contributed by atoms with Gasteiger partial charge in [0.15, 0.2) is 0 Å². The van der Waals surface area contributed by atoms with Crippen LogP contribution in [0.5, 0.6) is 0 Å². The van der Waals surface area contributed by atoms with E-state index in [1.165, 1.54) is 41.8 Å². The maximum absolute atomic E-state index is 3.24. The first-order valence-electron chi connectivity index (χ1n) is 5.61. The second-order valence-electron chi connectivity index (χ2n) is 3.84. The zero-order valence-corrected chi connectivity index (χ0v) is 9.94. The minimum Gasteiger partial charge on any atom is -0.361 e. The fourth-order valence-corrected chi connectivity index (χ4v) is 2.64. The van der Waals surface area contributed by atoms with Crippen LogP contribution in [0.25, 0.3) is 11.3 Å². The van der Waals surface area contributed by atoms with Crippen LogP contribution in [-0.4, -0.2) is 4.98 Å². The summed E-state index contributed by atoms with van der Waals surface area (Å²) >= 11 is 1.88. The van der Waals surface area contributed by atoms with Crippen LogP contribution in [-0.2, 0) is 6.42 Å². The highest BCUT2D eigenvalue weighted by atomic mass is 32.1. The van der Waals surface area contributed by atoms with Gasteiger partial charge in [-0.3, -0.25) is 0 Å². The summed E-state index contributed by atoms with van der Waals surface area (Å²) < 4.78 is 0. The quantitative estimate of drug-likeness (QED) is 0.714. The van der Waals surface area contributed by atoms with Gasteiger partial charge in [0.1, 0.15) is 0 Å². The van der Waals surface area contributed by atoms with E-state index in [4.69, 9.17) is 0 Å². The molecule has 0 aliphatic heterocycles. The Kier molecular flexibility index (Phi) is 3.62. The Labute approximate surface area is 95.2 Å². The van der Waals surface area contributed by atoms with Crippen LogP contribution in [0, 0.1) is 0 Å². The predicted octanol–water partition coefficient (Wildman–Crippen LogP) is 4.48. The van der Waals surface area contributed by atoms with Gasteiger partial charge in [0.2, 0.25) is 0 Å². The normalized spacial score (nSPS) is 10.7. The van der Waals surface area contributed by atoms with Crippen molar-refractivity contribution in [2.45, 2.75) is 32.6 Å². The van der Waals surface area contributed by atoms with Gasteiger partial charge in [0, 0.05) is 27.7 Å².